The van der Waals surface area contributed by atoms with Crippen molar-refractivity contribution in [3.05, 3.63) is 12.7 Å². The molecule has 82 valence electrons. The summed E-state index contributed by atoms with van der Waals surface area (Å²) in [5, 5.41) is 8.31. The van der Waals surface area contributed by atoms with E-state index >= 15 is 0 Å². The van der Waals surface area contributed by atoms with Crippen LogP contribution in [0.5, 0.6) is 0 Å². The highest BCUT2D eigenvalue weighted by Crippen LogP contribution is 2.02. The molecule has 0 rings (SSSR count). The Morgan fingerprint density at radius 3 is 2.43 bits per heavy atom. The summed E-state index contributed by atoms with van der Waals surface area (Å²) in [7, 11) is -3.17. The summed E-state index contributed by atoms with van der Waals surface area (Å²) in [6, 6.07) is 0. The highest BCUT2D eigenvalue weighted by molar-refractivity contribution is 7.91. The van der Waals surface area contributed by atoms with Crippen LogP contribution in [-0.2, 0) is 14.6 Å². The molecule has 0 spiro atoms. The number of carboxylic acid groups (broad SMARTS) is 1. The van der Waals surface area contributed by atoms with Crippen molar-refractivity contribution in [1.29, 1.82) is 0 Å². The molecule has 0 saturated heterocycles. The van der Waals surface area contributed by atoms with Gasteiger partial charge < -0.3 is 5.11 Å². The van der Waals surface area contributed by atoms with Gasteiger partial charge in [0.25, 0.3) is 0 Å². The second-order valence-electron chi connectivity index (χ2n) is 3.08. The van der Waals surface area contributed by atoms with Crippen molar-refractivity contribution in [2.75, 3.05) is 11.5 Å². The predicted octanol–water partition coefficient (Wildman–Crippen LogP) is 1.23. The molecular weight excluding hydrogens is 204 g/mol. The Morgan fingerprint density at radius 1 is 1.29 bits per heavy atom. The Bertz CT molecular complexity index is 279. The summed E-state index contributed by atoms with van der Waals surface area (Å²) in [5.74, 6) is -1.25. The second kappa shape index (κ2) is 6.59. The molecule has 0 aliphatic heterocycles. The van der Waals surface area contributed by atoms with E-state index in [1.54, 1.807) is 6.08 Å². The Hall–Kier alpha value is -0.840. The lowest BCUT2D eigenvalue weighted by Crippen LogP contribution is -2.14. The molecule has 0 saturated carbocycles. The number of hydrogen-bond acceptors (Lipinski definition) is 3. The van der Waals surface area contributed by atoms with Crippen molar-refractivity contribution >= 4 is 15.8 Å². The lowest BCUT2D eigenvalue weighted by Gasteiger charge is -2.01. The van der Waals surface area contributed by atoms with Crippen LogP contribution < -0.4 is 0 Å². The standard InChI is InChI=1S/C9H16O4S/c1-2-3-4-5-7-14(12,13)8-6-9(10)11/h2H,1,3-8H2,(H,10,11). The molecule has 0 fully saturated rings. The lowest BCUT2D eigenvalue weighted by atomic mass is 10.2. The first kappa shape index (κ1) is 13.2. The third kappa shape index (κ3) is 7.79. The zero-order valence-electron chi connectivity index (χ0n) is 8.11. The molecule has 0 heterocycles. The predicted molar refractivity (Wildman–Crippen MR) is 55.0 cm³/mol. The zero-order valence-corrected chi connectivity index (χ0v) is 8.92. The number of allylic oxidation sites excluding steroid dienone is 1. The van der Waals surface area contributed by atoms with Gasteiger partial charge in [0.1, 0.15) is 0 Å². The summed E-state index contributed by atoms with van der Waals surface area (Å²) in [5.41, 5.74) is 0. The van der Waals surface area contributed by atoms with Crippen molar-refractivity contribution in [2.24, 2.45) is 0 Å². The molecule has 5 heteroatoms. The summed E-state index contributed by atoms with van der Waals surface area (Å²) in [6.45, 7) is 3.53. The highest BCUT2D eigenvalue weighted by atomic mass is 32.2. The first-order valence-electron chi connectivity index (χ1n) is 4.51. The van der Waals surface area contributed by atoms with Gasteiger partial charge in [-0.1, -0.05) is 6.08 Å². The molecule has 0 radical (unpaired) electrons. The molecule has 0 aliphatic carbocycles. The topological polar surface area (TPSA) is 71.4 Å². The number of rotatable bonds is 8. The summed E-state index contributed by atoms with van der Waals surface area (Å²) < 4.78 is 22.4. The molecule has 0 atom stereocenters. The molecule has 1 N–H and O–H groups in total. The third-order valence-electron chi connectivity index (χ3n) is 1.74. The summed E-state index contributed by atoms with van der Waals surface area (Å²) >= 11 is 0. The first-order valence-corrected chi connectivity index (χ1v) is 6.33. The maximum Gasteiger partial charge on any atom is 0.304 e. The van der Waals surface area contributed by atoms with Crippen LogP contribution in [0.25, 0.3) is 0 Å². The number of sulfone groups is 1. The number of aliphatic carboxylic acids is 1. The van der Waals surface area contributed by atoms with E-state index in [9.17, 15) is 13.2 Å². The highest BCUT2D eigenvalue weighted by Gasteiger charge is 2.12. The third-order valence-corrected chi connectivity index (χ3v) is 3.48. The number of hydrogen-bond donors (Lipinski definition) is 1. The van der Waals surface area contributed by atoms with Crippen LogP contribution in [0.3, 0.4) is 0 Å². The fourth-order valence-corrected chi connectivity index (χ4v) is 2.29. The van der Waals surface area contributed by atoms with Gasteiger partial charge in [0.05, 0.1) is 17.9 Å². The van der Waals surface area contributed by atoms with E-state index < -0.39 is 15.8 Å². The fraction of sp³-hybridized carbons (Fsp3) is 0.667. The molecule has 0 aromatic heterocycles. The molecule has 14 heavy (non-hydrogen) atoms. The van der Waals surface area contributed by atoms with Crippen LogP contribution in [0, 0.1) is 0 Å². The van der Waals surface area contributed by atoms with Gasteiger partial charge >= 0.3 is 5.97 Å². The molecule has 0 aromatic rings. The second-order valence-corrected chi connectivity index (χ2v) is 5.38. The average Bonchev–Trinajstić information content (AvgIpc) is 2.10. The van der Waals surface area contributed by atoms with Crippen LogP contribution in [0.15, 0.2) is 12.7 Å². The molecular formula is C9H16O4S. The normalized spacial score (nSPS) is 11.1. The zero-order chi connectivity index (χ0) is 11.0. The molecule has 0 aromatic carbocycles. The number of carbonyl (C=O) groups is 1. The van der Waals surface area contributed by atoms with Gasteiger partial charge in [-0.25, -0.2) is 8.42 Å². The molecule has 0 bridgehead atoms. The van der Waals surface area contributed by atoms with E-state index in [1.165, 1.54) is 0 Å². The fourth-order valence-electron chi connectivity index (χ4n) is 0.956. The van der Waals surface area contributed by atoms with Crippen molar-refractivity contribution in [3.8, 4) is 0 Å². The van der Waals surface area contributed by atoms with Gasteiger partial charge in [-0.2, -0.15) is 0 Å². The molecule has 0 amide bonds. The van der Waals surface area contributed by atoms with Crippen LogP contribution >= 0.6 is 0 Å². The van der Waals surface area contributed by atoms with Crippen molar-refractivity contribution < 1.29 is 18.3 Å². The Morgan fingerprint density at radius 2 is 1.93 bits per heavy atom. The lowest BCUT2D eigenvalue weighted by molar-refractivity contribution is -0.136. The van der Waals surface area contributed by atoms with E-state index in [-0.39, 0.29) is 17.9 Å². The monoisotopic (exact) mass is 220 g/mol. The van der Waals surface area contributed by atoms with Crippen LogP contribution in [0.2, 0.25) is 0 Å². The van der Waals surface area contributed by atoms with Crippen molar-refractivity contribution in [3.63, 3.8) is 0 Å². The van der Waals surface area contributed by atoms with Gasteiger partial charge in [-0.05, 0) is 19.3 Å². The SMILES string of the molecule is C=CCCCCS(=O)(=O)CCC(=O)O. The summed E-state index contributed by atoms with van der Waals surface area (Å²) in [4.78, 5) is 10.1. The smallest absolute Gasteiger partial charge is 0.304 e. The molecule has 0 aliphatic rings. The molecule has 0 unspecified atom stereocenters. The maximum atomic E-state index is 11.2. The van der Waals surface area contributed by atoms with Gasteiger partial charge in [0.15, 0.2) is 9.84 Å². The van der Waals surface area contributed by atoms with Crippen LogP contribution in [0.1, 0.15) is 25.7 Å². The Balaban J connectivity index is 3.72. The minimum atomic E-state index is -3.17. The number of carboxylic acids is 1. The largest absolute Gasteiger partial charge is 0.481 e. The van der Waals surface area contributed by atoms with E-state index in [0.717, 1.165) is 12.8 Å². The van der Waals surface area contributed by atoms with E-state index in [1.807, 2.05) is 0 Å². The average molecular weight is 220 g/mol. The first-order chi connectivity index (χ1) is 6.48. The Labute approximate surface area is 84.6 Å². The van der Waals surface area contributed by atoms with Gasteiger partial charge in [-0.15, -0.1) is 6.58 Å². The van der Waals surface area contributed by atoms with Gasteiger partial charge in [0, 0.05) is 0 Å². The van der Waals surface area contributed by atoms with E-state index in [0.29, 0.717) is 6.42 Å². The quantitative estimate of drug-likeness (QED) is 0.493. The van der Waals surface area contributed by atoms with Crippen LogP contribution in [-0.4, -0.2) is 31.0 Å². The summed E-state index contributed by atoms with van der Waals surface area (Å²) in [6.07, 6.45) is 3.60. The van der Waals surface area contributed by atoms with Crippen LogP contribution in [0.4, 0.5) is 0 Å². The molecule has 4 nitrogen and oxygen atoms in total. The van der Waals surface area contributed by atoms with E-state index in [2.05, 4.69) is 6.58 Å². The minimum Gasteiger partial charge on any atom is -0.481 e. The van der Waals surface area contributed by atoms with Gasteiger partial charge in [0.2, 0.25) is 0 Å². The maximum absolute atomic E-state index is 11.2. The van der Waals surface area contributed by atoms with Crippen molar-refractivity contribution in [1.82, 2.24) is 0 Å². The Kier molecular flexibility index (Phi) is 6.19. The van der Waals surface area contributed by atoms with E-state index in [4.69, 9.17) is 5.11 Å². The van der Waals surface area contributed by atoms with Gasteiger partial charge in [-0.3, -0.25) is 4.79 Å². The van der Waals surface area contributed by atoms with Crippen molar-refractivity contribution in [2.45, 2.75) is 25.7 Å². The minimum absolute atomic E-state index is 0.0775. The number of unbranched alkanes of at least 4 members (excludes halogenated alkanes) is 2.